The van der Waals surface area contributed by atoms with Crippen LogP contribution in [0.4, 0.5) is 5.69 Å². The highest BCUT2D eigenvalue weighted by molar-refractivity contribution is 7.85. The number of nitrogens with zero attached hydrogens (tertiary/aromatic N) is 1. The van der Waals surface area contributed by atoms with Gasteiger partial charge < -0.3 is 0 Å². The summed E-state index contributed by atoms with van der Waals surface area (Å²) in [5.74, 6) is 0. The van der Waals surface area contributed by atoms with Crippen LogP contribution in [0.5, 0.6) is 0 Å². The summed E-state index contributed by atoms with van der Waals surface area (Å²) in [5.41, 5.74) is 0.168. The molecule has 0 saturated carbocycles. The van der Waals surface area contributed by atoms with Gasteiger partial charge in [-0.15, -0.1) is 0 Å². The van der Waals surface area contributed by atoms with E-state index in [4.69, 9.17) is 4.55 Å². The standard InChI is InChI=1S/C7H9NO5S2/c1-8(14(9)10)6-3-2-4-7(5-6)15(11,12)13/h2-5,14H,1H3,(H,11,12,13). The fourth-order valence-corrected chi connectivity index (χ4v) is 1.77. The molecule has 0 spiro atoms. The Bertz CT molecular complexity index is 526. The van der Waals surface area contributed by atoms with Crippen molar-refractivity contribution in [2.75, 3.05) is 11.4 Å². The number of hydrogen-bond acceptors (Lipinski definition) is 4. The summed E-state index contributed by atoms with van der Waals surface area (Å²) in [7, 11) is -5.86. The molecule has 0 bridgehead atoms. The predicted molar refractivity (Wildman–Crippen MR) is 55.0 cm³/mol. The molecule has 0 heterocycles. The van der Waals surface area contributed by atoms with Crippen LogP contribution in [0.15, 0.2) is 29.2 Å². The second-order valence-electron chi connectivity index (χ2n) is 2.73. The van der Waals surface area contributed by atoms with Crippen LogP contribution in [-0.4, -0.2) is 28.4 Å². The van der Waals surface area contributed by atoms with Gasteiger partial charge in [-0.25, -0.2) is 8.42 Å². The minimum Gasteiger partial charge on any atom is -0.282 e. The predicted octanol–water partition coefficient (Wildman–Crippen LogP) is -0.104. The summed E-state index contributed by atoms with van der Waals surface area (Å²) < 4.78 is 52.4. The van der Waals surface area contributed by atoms with Crippen molar-refractivity contribution in [3.8, 4) is 0 Å². The van der Waals surface area contributed by atoms with E-state index in [1.807, 2.05) is 0 Å². The van der Waals surface area contributed by atoms with Crippen LogP contribution >= 0.6 is 0 Å². The molecular weight excluding hydrogens is 242 g/mol. The van der Waals surface area contributed by atoms with E-state index in [1.165, 1.54) is 25.2 Å². The lowest BCUT2D eigenvalue weighted by Gasteiger charge is -2.11. The van der Waals surface area contributed by atoms with Gasteiger partial charge in [-0.2, -0.15) is 8.42 Å². The Hall–Kier alpha value is -1.12. The Morgan fingerprint density at radius 3 is 2.40 bits per heavy atom. The summed E-state index contributed by atoms with van der Waals surface area (Å²) in [6, 6.07) is 5.00. The molecule has 1 aromatic rings. The van der Waals surface area contributed by atoms with Gasteiger partial charge in [0.2, 0.25) is 10.9 Å². The van der Waals surface area contributed by atoms with Crippen molar-refractivity contribution in [1.29, 1.82) is 0 Å². The van der Waals surface area contributed by atoms with Gasteiger partial charge in [-0.05, 0) is 18.2 Å². The van der Waals surface area contributed by atoms with Gasteiger partial charge in [0, 0.05) is 7.05 Å². The molecule has 0 atom stereocenters. The molecule has 0 saturated heterocycles. The van der Waals surface area contributed by atoms with Gasteiger partial charge in [0.15, 0.2) is 0 Å². The highest BCUT2D eigenvalue weighted by Crippen LogP contribution is 2.17. The van der Waals surface area contributed by atoms with E-state index in [0.29, 0.717) is 0 Å². The zero-order valence-electron chi connectivity index (χ0n) is 7.69. The van der Waals surface area contributed by atoms with E-state index in [2.05, 4.69) is 0 Å². The quantitative estimate of drug-likeness (QED) is 0.578. The summed E-state index contributed by atoms with van der Waals surface area (Å²) in [6.45, 7) is 0. The first-order chi connectivity index (χ1) is 6.82. The average Bonchev–Trinajstić information content (AvgIpc) is 2.15. The maximum absolute atomic E-state index is 10.8. The number of rotatable bonds is 3. The monoisotopic (exact) mass is 251 g/mol. The van der Waals surface area contributed by atoms with Crippen LogP contribution < -0.4 is 4.31 Å². The van der Waals surface area contributed by atoms with Crippen LogP contribution in [0.3, 0.4) is 0 Å². The zero-order chi connectivity index (χ0) is 11.6. The molecule has 84 valence electrons. The summed E-state index contributed by atoms with van der Waals surface area (Å²) >= 11 is 0. The van der Waals surface area contributed by atoms with Crippen LogP contribution in [0.1, 0.15) is 0 Å². The first-order valence-corrected chi connectivity index (χ1v) is 6.35. The SMILES string of the molecule is CN(c1cccc(S(=O)(=O)O)c1)[SH](=O)=O. The third-order valence-electron chi connectivity index (χ3n) is 1.73. The zero-order valence-corrected chi connectivity index (χ0v) is 9.40. The Kier molecular flexibility index (Phi) is 3.32. The van der Waals surface area contributed by atoms with Crippen molar-refractivity contribution in [2.45, 2.75) is 4.90 Å². The Balaban J connectivity index is 3.26. The number of hydrogen-bond donors (Lipinski definition) is 2. The summed E-state index contributed by atoms with van der Waals surface area (Å²) in [4.78, 5) is -0.344. The van der Waals surface area contributed by atoms with Crippen molar-refractivity contribution in [1.82, 2.24) is 0 Å². The van der Waals surface area contributed by atoms with Gasteiger partial charge in [0.1, 0.15) is 0 Å². The molecule has 0 aliphatic carbocycles. The molecule has 6 nitrogen and oxygen atoms in total. The Morgan fingerprint density at radius 2 is 1.93 bits per heavy atom. The molecule has 0 amide bonds. The first-order valence-electron chi connectivity index (χ1n) is 3.78. The maximum Gasteiger partial charge on any atom is 0.294 e. The fourth-order valence-electron chi connectivity index (χ4n) is 0.940. The minimum atomic E-state index is -4.31. The molecule has 0 radical (unpaired) electrons. The van der Waals surface area contributed by atoms with E-state index >= 15 is 0 Å². The average molecular weight is 251 g/mol. The molecule has 0 aromatic heterocycles. The van der Waals surface area contributed by atoms with Crippen LogP contribution in [0.25, 0.3) is 0 Å². The first kappa shape index (κ1) is 12.0. The molecule has 0 aliphatic heterocycles. The lowest BCUT2D eigenvalue weighted by Crippen LogP contribution is -2.14. The molecule has 0 fully saturated rings. The molecule has 1 N–H and O–H groups in total. The Labute approximate surface area is 89.0 Å². The number of thiol groups is 1. The highest BCUT2D eigenvalue weighted by atomic mass is 32.2. The molecule has 8 heteroatoms. The summed E-state index contributed by atoms with van der Waals surface area (Å²) in [5, 5.41) is 0. The normalized spacial score (nSPS) is 11.7. The van der Waals surface area contributed by atoms with Gasteiger partial charge in [0.05, 0.1) is 10.6 Å². The second-order valence-corrected chi connectivity index (χ2v) is 5.23. The second kappa shape index (κ2) is 4.17. The third-order valence-corrected chi connectivity index (χ3v) is 3.30. The largest absolute Gasteiger partial charge is 0.294 e. The molecule has 1 rings (SSSR count). The van der Waals surface area contributed by atoms with Crippen molar-refractivity contribution in [2.24, 2.45) is 0 Å². The minimum absolute atomic E-state index is 0.168. The van der Waals surface area contributed by atoms with E-state index in [1.54, 1.807) is 0 Å². The van der Waals surface area contributed by atoms with E-state index in [-0.39, 0.29) is 10.6 Å². The van der Waals surface area contributed by atoms with Crippen LogP contribution in [0, 0.1) is 0 Å². The summed E-state index contributed by atoms with van der Waals surface area (Å²) in [6.07, 6.45) is 0. The number of anilines is 1. The third kappa shape index (κ3) is 2.91. The smallest absolute Gasteiger partial charge is 0.282 e. The van der Waals surface area contributed by atoms with Crippen molar-refractivity contribution in [3.63, 3.8) is 0 Å². The topological polar surface area (TPSA) is 91.8 Å². The van der Waals surface area contributed by atoms with Crippen LogP contribution in [-0.2, 0) is 21.0 Å². The fraction of sp³-hybridized carbons (Fsp3) is 0.143. The highest BCUT2D eigenvalue weighted by Gasteiger charge is 2.11. The molecular formula is C7H9NO5S2. The number of benzene rings is 1. The van der Waals surface area contributed by atoms with E-state index in [0.717, 1.165) is 10.4 Å². The molecule has 1 aromatic carbocycles. The van der Waals surface area contributed by atoms with Crippen molar-refractivity contribution >= 4 is 26.7 Å². The van der Waals surface area contributed by atoms with Crippen molar-refractivity contribution < 1.29 is 21.4 Å². The van der Waals surface area contributed by atoms with Gasteiger partial charge in [-0.3, -0.25) is 8.86 Å². The van der Waals surface area contributed by atoms with Crippen LogP contribution in [0.2, 0.25) is 0 Å². The van der Waals surface area contributed by atoms with Gasteiger partial charge >= 0.3 is 0 Å². The molecule has 0 aliphatic rings. The molecule has 0 unspecified atom stereocenters. The lowest BCUT2D eigenvalue weighted by atomic mass is 10.3. The van der Waals surface area contributed by atoms with Crippen molar-refractivity contribution in [3.05, 3.63) is 24.3 Å². The lowest BCUT2D eigenvalue weighted by molar-refractivity contribution is 0.483. The van der Waals surface area contributed by atoms with Gasteiger partial charge in [0.25, 0.3) is 10.1 Å². The van der Waals surface area contributed by atoms with E-state index < -0.39 is 21.0 Å². The van der Waals surface area contributed by atoms with E-state index in [9.17, 15) is 16.8 Å². The maximum atomic E-state index is 10.8. The van der Waals surface area contributed by atoms with Gasteiger partial charge in [-0.1, -0.05) is 6.07 Å². The molecule has 15 heavy (non-hydrogen) atoms. The Morgan fingerprint density at radius 1 is 1.33 bits per heavy atom.